The van der Waals surface area contributed by atoms with Crippen LogP contribution in [0.3, 0.4) is 0 Å². The summed E-state index contributed by atoms with van der Waals surface area (Å²) in [6, 6.07) is 17.3. The van der Waals surface area contributed by atoms with Crippen LogP contribution < -0.4 is 9.47 Å². The zero-order valence-corrected chi connectivity index (χ0v) is 19.0. The summed E-state index contributed by atoms with van der Waals surface area (Å²) in [7, 11) is 0. The second-order valence-electron chi connectivity index (χ2n) is 8.65. The Balaban J connectivity index is 1.41. The summed E-state index contributed by atoms with van der Waals surface area (Å²) in [5.41, 5.74) is 4.63. The van der Waals surface area contributed by atoms with Gasteiger partial charge in [-0.25, -0.2) is 0 Å². The van der Waals surface area contributed by atoms with Gasteiger partial charge in [-0.05, 0) is 43.3 Å². The van der Waals surface area contributed by atoms with E-state index in [1.54, 1.807) is 0 Å². The molecule has 0 radical (unpaired) electrons. The molecule has 2 aliphatic heterocycles. The van der Waals surface area contributed by atoms with Crippen LogP contribution in [0.1, 0.15) is 31.4 Å². The van der Waals surface area contributed by atoms with Gasteiger partial charge in [0.1, 0.15) is 0 Å². The monoisotopic (exact) mass is 432 g/mol. The van der Waals surface area contributed by atoms with Crippen LogP contribution in [0.2, 0.25) is 0 Å². The molecular formula is C26H32N4O2. The first-order valence-corrected chi connectivity index (χ1v) is 11.7. The number of likely N-dealkylation sites (tertiary alicyclic amines) is 1. The number of benzene rings is 2. The first kappa shape index (κ1) is 21.0. The van der Waals surface area contributed by atoms with Crippen molar-refractivity contribution in [2.24, 2.45) is 0 Å². The van der Waals surface area contributed by atoms with Crippen molar-refractivity contribution >= 4 is 0 Å². The summed E-state index contributed by atoms with van der Waals surface area (Å²) in [6.07, 6.45) is 3.46. The Hall–Kier alpha value is -2.83. The lowest BCUT2D eigenvalue weighted by atomic mass is 10.1. The van der Waals surface area contributed by atoms with Gasteiger partial charge in [-0.1, -0.05) is 44.2 Å². The summed E-state index contributed by atoms with van der Waals surface area (Å²) >= 11 is 0. The third-order valence-corrected chi connectivity index (χ3v) is 6.64. The number of ether oxygens (including phenoxy) is 2. The van der Waals surface area contributed by atoms with E-state index in [9.17, 15) is 0 Å². The minimum atomic E-state index is 0.286. The van der Waals surface area contributed by atoms with Gasteiger partial charge in [-0.3, -0.25) is 14.5 Å². The van der Waals surface area contributed by atoms with Crippen LogP contribution in [-0.4, -0.2) is 58.6 Å². The third-order valence-electron chi connectivity index (χ3n) is 6.64. The number of fused-ring (bicyclic) bond motifs is 1. The molecule has 1 aromatic heterocycles. The van der Waals surface area contributed by atoms with Gasteiger partial charge in [0.15, 0.2) is 11.5 Å². The maximum absolute atomic E-state index is 5.63. The first-order chi connectivity index (χ1) is 15.7. The molecule has 6 nitrogen and oxygen atoms in total. The zero-order valence-electron chi connectivity index (χ0n) is 19.0. The van der Waals surface area contributed by atoms with Crippen LogP contribution in [0, 0.1) is 0 Å². The van der Waals surface area contributed by atoms with Gasteiger partial charge in [0.05, 0.1) is 12.2 Å². The van der Waals surface area contributed by atoms with Gasteiger partial charge < -0.3 is 9.47 Å². The van der Waals surface area contributed by atoms with E-state index in [4.69, 9.17) is 14.6 Å². The highest BCUT2D eigenvalue weighted by molar-refractivity contribution is 5.67. The standard InChI is InChI=1S/C26H32N4O2/c1-3-29(4-2)23-12-13-28(18-23)16-22-17-30(15-20-8-6-5-7-9-20)27-26(22)21-10-11-24-25(14-21)32-19-31-24/h5-11,14,17,23H,3-4,12-13,15-16,18-19H2,1-2H3/t23-/m0/s1. The van der Waals surface area contributed by atoms with Crippen LogP contribution >= 0.6 is 0 Å². The maximum atomic E-state index is 5.63. The van der Waals surface area contributed by atoms with E-state index in [0.717, 1.165) is 62.0 Å². The molecule has 3 heterocycles. The van der Waals surface area contributed by atoms with Crippen molar-refractivity contribution < 1.29 is 9.47 Å². The molecule has 2 aromatic carbocycles. The lowest BCUT2D eigenvalue weighted by Gasteiger charge is -2.26. The first-order valence-electron chi connectivity index (χ1n) is 11.7. The molecule has 0 unspecified atom stereocenters. The van der Waals surface area contributed by atoms with Gasteiger partial charge in [0, 0.05) is 43.0 Å². The second-order valence-corrected chi connectivity index (χ2v) is 8.65. The van der Waals surface area contributed by atoms with E-state index in [1.807, 2.05) is 6.07 Å². The molecule has 3 aromatic rings. The van der Waals surface area contributed by atoms with E-state index in [1.165, 1.54) is 17.5 Å². The average Bonchev–Trinajstić information content (AvgIpc) is 3.55. The lowest BCUT2D eigenvalue weighted by Crippen LogP contribution is -2.37. The molecule has 0 N–H and O–H groups in total. The Labute approximate surface area is 190 Å². The Bertz CT molecular complexity index is 1050. The minimum Gasteiger partial charge on any atom is -0.454 e. The molecule has 1 saturated heterocycles. The van der Waals surface area contributed by atoms with Crippen molar-refractivity contribution in [1.82, 2.24) is 19.6 Å². The molecule has 0 saturated carbocycles. The summed E-state index contributed by atoms with van der Waals surface area (Å²) < 4.78 is 13.2. The molecule has 2 aliphatic rings. The lowest BCUT2D eigenvalue weighted by molar-refractivity contribution is 0.174. The number of hydrogen-bond donors (Lipinski definition) is 0. The van der Waals surface area contributed by atoms with Crippen molar-refractivity contribution in [3.8, 4) is 22.8 Å². The van der Waals surface area contributed by atoms with Crippen LogP contribution in [0.5, 0.6) is 11.5 Å². The Morgan fingerprint density at radius 1 is 1.00 bits per heavy atom. The second kappa shape index (κ2) is 9.35. The molecule has 0 amide bonds. The Morgan fingerprint density at radius 3 is 2.62 bits per heavy atom. The van der Waals surface area contributed by atoms with E-state index in [0.29, 0.717) is 6.04 Å². The highest BCUT2D eigenvalue weighted by Gasteiger charge is 2.27. The van der Waals surface area contributed by atoms with Crippen molar-refractivity contribution in [2.75, 3.05) is 33.0 Å². The van der Waals surface area contributed by atoms with Gasteiger partial charge in [0.25, 0.3) is 0 Å². The largest absolute Gasteiger partial charge is 0.454 e. The molecule has 0 spiro atoms. The quantitative estimate of drug-likeness (QED) is 0.533. The van der Waals surface area contributed by atoms with Crippen molar-refractivity contribution in [2.45, 2.75) is 39.4 Å². The number of aromatic nitrogens is 2. The van der Waals surface area contributed by atoms with Crippen LogP contribution in [0.15, 0.2) is 54.7 Å². The predicted octanol–water partition coefficient (Wildman–Crippen LogP) is 4.24. The fourth-order valence-corrected chi connectivity index (χ4v) is 4.95. The molecule has 168 valence electrons. The molecule has 0 bridgehead atoms. The van der Waals surface area contributed by atoms with E-state index >= 15 is 0 Å². The molecule has 32 heavy (non-hydrogen) atoms. The summed E-state index contributed by atoms with van der Waals surface area (Å²) in [5, 5.41) is 5.01. The normalized spacial score (nSPS) is 18.0. The van der Waals surface area contributed by atoms with Crippen LogP contribution in [0.25, 0.3) is 11.3 Å². The molecule has 1 atom stereocenters. The van der Waals surface area contributed by atoms with Crippen LogP contribution in [-0.2, 0) is 13.1 Å². The molecule has 5 rings (SSSR count). The fourth-order valence-electron chi connectivity index (χ4n) is 4.95. The topological polar surface area (TPSA) is 42.8 Å². The van der Waals surface area contributed by atoms with Crippen molar-refractivity contribution in [3.05, 3.63) is 65.9 Å². The fraction of sp³-hybridized carbons (Fsp3) is 0.423. The number of hydrogen-bond acceptors (Lipinski definition) is 5. The Morgan fingerprint density at radius 2 is 1.81 bits per heavy atom. The average molecular weight is 433 g/mol. The number of rotatable bonds is 8. The van der Waals surface area contributed by atoms with Gasteiger partial charge in [0.2, 0.25) is 6.79 Å². The molecule has 1 fully saturated rings. The molecule has 0 aliphatic carbocycles. The molecular weight excluding hydrogens is 400 g/mol. The van der Waals surface area contributed by atoms with Crippen LogP contribution in [0.4, 0.5) is 0 Å². The maximum Gasteiger partial charge on any atom is 0.231 e. The van der Waals surface area contributed by atoms with E-state index < -0.39 is 0 Å². The third kappa shape index (κ3) is 4.38. The minimum absolute atomic E-state index is 0.286. The van der Waals surface area contributed by atoms with E-state index in [-0.39, 0.29) is 6.79 Å². The van der Waals surface area contributed by atoms with Gasteiger partial charge in [-0.2, -0.15) is 5.10 Å². The summed E-state index contributed by atoms with van der Waals surface area (Å²) in [4.78, 5) is 5.15. The highest BCUT2D eigenvalue weighted by Crippen LogP contribution is 2.36. The number of nitrogens with zero attached hydrogens (tertiary/aromatic N) is 4. The summed E-state index contributed by atoms with van der Waals surface area (Å²) in [5.74, 6) is 1.61. The zero-order chi connectivity index (χ0) is 21.9. The summed E-state index contributed by atoms with van der Waals surface area (Å²) in [6.45, 7) is 11.0. The molecule has 6 heteroatoms. The predicted molar refractivity (Wildman–Crippen MR) is 126 cm³/mol. The van der Waals surface area contributed by atoms with Gasteiger partial charge >= 0.3 is 0 Å². The van der Waals surface area contributed by atoms with E-state index in [2.05, 4.69) is 77.0 Å². The highest BCUT2D eigenvalue weighted by atomic mass is 16.7. The SMILES string of the molecule is CCN(CC)[C@H]1CCN(Cc2cn(Cc3ccccc3)nc2-c2ccc3c(c2)OCO3)C1. The van der Waals surface area contributed by atoms with Gasteiger partial charge in [-0.15, -0.1) is 0 Å². The Kier molecular flexibility index (Phi) is 6.14. The van der Waals surface area contributed by atoms with Crippen molar-refractivity contribution in [3.63, 3.8) is 0 Å². The van der Waals surface area contributed by atoms with Crippen molar-refractivity contribution in [1.29, 1.82) is 0 Å². The number of likely N-dealkylation sites (N-methyl/N-ethyl adjacent to an activating group) is 1. The smallest absolute Gasteiger partial charge is 0.231 e.